The van der Waals surface area contributed by atoms with E-state index in [0.717, 1.165) is 45.0 Å². The van der Waals surface area contributed by atoms with Gasteiger partial charge in [-0.3, -0.25) is 4.79 Å². The topological polar surface area (TPSA) is 164 Å². The minimum Gasteiger partial charge on any atom is -0.508 e. The standard InChI is InChI=1S/C50H56N2O8/c1-5-33-11-12-34-8-6-7-9-39(34)41(33)26-42-35(13-16-44(55)48(42)60-4)24-36(20-31-18-19-52-29-31)47(57)40-14-17-46(56)50(49(40)58,27-30-10-15-43(54)45(23-30)59-3)37-21-32(28-51-2)22-38(53)25-37/h6-13,15-16,18-19,21-23,25,29,36,40,46-47,51-57H,5,14,17,20,24,26-28H2,1-4H3/t36-,40-,46+,47-,50-/m0/s1. The summed E-state index contributed by atoms with van der Waals surface area (Å²) in [6.07, 6.45) is 4.01. The van der Waals surface area contributed by atoms with Crippen LogP contribution < -0.4 is 14.8 Å². The molecule has 5 aromatic carbocycles. The number of benzene rings is 5. The van der Waals surface area contributed by atoms with Gasteiger partial charge in [-0.1, -0.05) is 61.5 Å². The first kappa shape index (κ1) is 42.3. The third kappa shape index (κ3) is 8.32. The first-order chi connectivity index (χ1) is 29.0. The predicted octanol–water partition coefficient (Wildman–Crippen LogP) is 7.46. The molecule has 60 heavy (non-hydrogen) atoms. The number of aromatic amines is 1. The number of aromatic hydroxyl groups is 3. The lowest BCUT2D eigenvalue weighted by atomic mass is 9.58. The molecule has 7 N–H and O–H groups in total. The number of aliphatic hydroxyl groups excluding tert-OH is 2. The van der Waals surface area contributed by atoms with Crippen LogP contribution in [0.25, 0.3) is 10.8 Å². The quantitative estimate of drug-likeness (QED) is 0.0526. The van der Waals surface area contributed by atoms with Crippen molar-refractivity contribution in [3.8, 4) is 28.7 Å². The van der Waals surface area contributed by atoms with Crippen LogP contribution in [0, 0.1) is 11.8 Å². The number of carbonyl (C=O) groups is 1. The van der Waals surface area contributed by atoms with Gasteiger partial charge in [0.1, 0.15) is 5.75 Å². The Kier molecular flexibility index (Phi) is 12.8. The maximum Gasteiger partial charge on any atom is 0.164 e. The van der Waals surface area contributed by atoms with E-state index in [4.69, 9.17) is 9.47 Å². The van der Waals surface area contributed by atoms with Crippen molar-refractivity contribution in [3.63, 3.8) is 0 Å². The number of phenols is 3. The van der Waals surface area contributed by atoms with E-state index in [2.05, 4.69) is 41.5 Å². The zero-order valence-electron chi connectivity index (χ0n) is 34.7. The maximum atomic E-state index is 15.6. The van der Waals surface area contributed by atoms with E-state index in [1.807, 2.05) is 42.7 Å². The first-order valence-electron chi connectivity index (χ1n) is 20.7. The van der Waals surface area contributed by atoms with Crippen LogP contribution in [0.4, 0.5) is 0 Å². The fourth-order valence-corrected chi connectivity index (χ4v) is 9.65. The number of Topliss-reactive ketones (excluding diaryl/α,β-unsaturated/α-hetero) is 1. The molecule has 0 amide bonds. The number of methoxy groups -OCH3 is 2. The van der Waals surface area contributed by atoms with Gasteiger partial charge in [-0.25, -0.2) is 0 Å². The number of aryl methyl sites for hydroxylation is 1. The summed E-state index contributed by atoms with van der Waals surface area (Å²) in [5.74, 6) is -1.17. The smallest absolute Gasteiger partial charge is 0.164 e. The van der Waals surface area contributed by atoms with Crippen LogP contribution in [0.15, 0.2) is 103 Å². The van der Waals surface area contributed by atoms with Gasteiger partial charge in [0.05, 0.1) is 31.8 Å². The highest BCUT2D eigenvalue weighted by molar-refractivity contribution is 5.95. The molecular formula is C50H56N2O8. The van der Waals surface area contributed by atoms with Crippen molar-refractivity contribution in [2.75, 3.05) is 21.3 Å². The lowest BCUT2D eigenvalue weighted by molar-refractivity contribution is -0.144. The molecule has 1 fully saturated rings. The van der Waals surface area contributed by atoms with Crippen molar-refractivity contribution in [2.24, 2.45) is 11.8 Å². The summed E-state index contributed by atoms with van der Waals surface area (Å²) in [6, 6.07) is 27.9. The van der Waals surface area contributed by atoms with Gasteiger partial charge in [0, 0.05) is 36.8 Å². The molecule has 0 radical (unpaired) electrons. The highest BCUT2D eigenvalue weighted by Crippen LogP contribution is 2.47. The number of rotatable bonds is 16. The van der Waals surface area contributed by atoms with E-state index in [9.17, 15) is 25.5 Å². The van der Waals surface area contributed by atoms with Crippen molar-refractivity contribution in [1.29, 1.82) is 0 Å². The van der Waals surface area contributed by atoms with Crippen LogP contribution in [0.1, 0.15) is 64.3 Å². The molecule has 1 aliphatic rings. The number of fused-ring (bicyclic) bond motifs is 1. The Morgan fingerprint density at radius 2 is 1.62 bits per heavy atom. The van der Waals surface area contributed by atoms with E-state index in [1.165, 1.54) is 24.8 Å². The molecule has 10 heteroatoms. The molecule has 1 saturated carbocycles. The fraction of sp³-hybridized carbons (Fsp3) is 0.340. The zero-order chi connectivity index (χ0) is 42.6. The van der Waals surface area contributed by atoms with Crippen LogP contribution in [-0.2, 0) is 48.9 Å². The molecule has 314 valence electrons. The van der Waals surface area contributed by atoms with Gasteiger partial charge in [0.2, 0.25) is 0 Å². The van der Waals surface area contributed by atoms with Crippen LogP contribution in [0.3, 0.4) is 0 Å². The van der Waals surface area contributed by atoms with Crippen molar-refractivity contribution in [3.05, 3.63) is 148 Å². The molecule has 0 unspecified atom stereocenters. The molecule has 1 heterocycles. The Hall–Kier alpha value is -5.81. The number of carbonyl (C=O) groups excluding carboxylic acids is 1. The van der Waals surface area contributed by atoms with Crippen molar-refractivity contribution < 1.29 is 39.8 Å². The lowest BCUT2D eigenvalue weighted by Crippen LogP contribution is -2.57. The molecule has 1 aliphatic carbocycles. The highest BCUT2D eigenvalue weighted by Gasteiger charge is 2.54. The van der Waals surface area contributed by atoms with Gasteiger partial charge < -0.3 is 45.3 Å². The SMILES string of the molecule is CCc1ccc2ccccc2c1Cc1c(C[C@H](Cc2cc[nH]c2)[C@H](O)[C@@H]2CC[C@@H](O)[C@](Cc3ccc(O)c(OC)c3)(c3cc(O)cc(CNC)c3)C2=O)ccc(O)c1OC. The highest BCUT2D eigenvalue weighted by atomic mass is 16.5. The minimum atomic E-state index is -1.57. The second-order valence-corrected chi connectivity index (χ2v) is 16.2. The molecule has 6 aromatic rings. The van der Waals surface area contributed by atoms with Gasteiger partial charge >= 0.3 is 0 Å². The number of aromatic nitrogens is 1. The molecule has 0 bridgehead atoms. The number of H-pyrrole nitrogens is 1. The van der Waals surface area contributed by atoms with Crippen LogP contribution in [-0.4, -0.2) is 69.8 Å². The van der Waals surface area contributed by atoms with E-state index >= 15 is 4.79 Å². The predicted molar refractivity (Wildman–Crippen MR) is 233 cm³/mol. The molecule has 7 rings (SSSR count). The Balaban J connectivity index is 1.33. The average molecular weight is 813 g/mol. The summed E-state index contributed by atoms with van der Waals surface area (Å²) < 4.78 is 11.3. The Labute approximate surface area is 351 Å². The number of hydrogen-bond donors (Lipinski definition) is 7. The number of ketones is 1. The molecule has 5 atom stereocenters. The minimum absolute atomic E-state index is 0.0214. The summed E-state index contributed by atoms with van der Waals surface area (Å²) in [5, 5.41) is 62.9. The number of phenolic OH excluding ortho intramolecular Hbond substituents is 3. The number of aliphatic hydroxyl groups is 2. The fourth-order valence-electron chi connectivity index (χ4n) is 9.65. The normalized spacial score (nSPS) is 19.0. The first-order valence-corrected chi connectivity index (χ1v) is 20.7. The second-order valence-electron chi connectivity index (χ2n) is 16.2. The van der Waals surface area contributed by atoms with E-state index in [1.54, 1.807) is 38.4 Å². The van der Waals surface area contributed by atoms with Gasteiger partial charge in [0.25, 0.3) is 0 Å². The number of ether oxygens (including phenoxy) is 2. The average Bonchev–Trinajstić information content (AvgIpc) is 3.77. The third-order valence-corrected chi connectivity index (χ3v) is 12.6. The number of nitrogens with one attached hydrogen (secondary N) is 2. The monoisotopic (exact) mass is 812 g/mol. The van der Waals surface area contributed by atoms with Gasteiger partial charge in [-0.15, -0.1) is 0 Å². The molecular weight excluding hydrogens is 757 g/mol. The summed E-state index contributed by atoms with van der Waals surface area (Å²) in [5.41, 5.74) is 5.23. The van der Waals surface area contributed by atoms with Crippen molar-refractivity contribution in [1.82, 2.24) is 10.3 Å². The van der Waals surface area contributed by atoms with Crippen LogP contribution in [0.5, 0.6) is 28.7 Å². The molecule has 0 aliphatic heterocycles. The van der Waals surface area contributed by atoms with Gasteiger partial charge in [0.15, 0.2) is 28.8 Å². The van der Waals surface area contributed by atoms with E-state index in [0.29, 0.717) is 42.7 Å². The molecule has 1 aromatic heterocycles. The van der Waals surface area contributed by atoms with E-state index < -0.39 is 29.5 Å². The third-order valence-electron chi connectivity index (χ3n) is 12.6. The molecule has 0 spiro atoms. The Morgan fingerprint density at radius 3 is 2.35 bits per heavy atom. The number of hydrogen-bond acceptors (Lipinski definition) is 9. The molecule has 10 nitrogen and oxygen atoms in total. The Bertz CT molecular complexity index is 2450. The summed E-state index contributed by atoms with van der Waals surface area (Å²) >= 11 is 0. The molecule has 0 saturated heterocycles. The summed E-state index contributed by atoms with van der Waals surface area (Å²) in [7, 11) is 4.79. The summed E-state index contributed by atoms with van der Waals surface area (Å²) in [6.45, 7) is 2.54. The van der Waals surface area contributed by atoms with E-state index in [-0.39, 0.29) is 48.0 Å². The maximum absolute atomic E-state index is 15.6. The zero-order valence-corrected chi connectivity index (χ0v) is 34.7. The Morgan fingerprint density at radius 1 is 0.833 bits per heavy atom. The van der Waals surface area contributed by atoms with Crippen molar-refractivity contribution >= 4 is 16.6 Å². The largest absolute Gasteiger partial charge is 0.508 e. The van der Waals surface area contributed by atoms with Crippen LogP contribution >= 0.6 is 0 Å². The van der Waals surface area contributed by atoms with Gasteiger partial charge in [-0.05, 0) is 138 Å². The van der Waals surface area contributed by atoms with Crippen LogP contribution in [0.2, 0.25) is 0 Å². The summed E-state index contributed by atoms with van der Waals surface area (Å²) in [4.78, 5) is 18.7. The second kappa shape index (κ2) is 18.2. The van der Waals surface area contributed by atoms with Crippen molar-refractivity contribution in [2.45, 2.75) is 76.0 Å². The van der Waals surface area contributed by atoms with Gasteiger partial charge in [-0.2, -0.15) is 0 Å². The lowest BCUT2D eigenvalue weighted by Gasteiger charge is -2.46.